The molecule has 3 rings (SSSR count). The average molecular weight is 379 g/mol. The van der Waals surface area contributed by atoms with Gasteiger partial charge in [-0.1, -0.05) is 31.0 Å². The molecule has 0 heterocycles. The van der Waals surface area contributed by atoms with Crippen LogP contribution in [0.1, 0.15) is 41.6 Å². The van der Waals surface area contributed by atoms with Gasteiger partial charge in [-0.05, 0) is 42.7 Å². The van der Waals surface area contributed by atoms with Crippen molar-refractivity contribution in [2.75, 3.05) is 6.54 Å². The lowest BCUT2D eigenvalue weighted by molar-refractivity contribution is 0.0903. The number of carbonyl (C=O) groups is 1. The second-order valence-electron chi connectivity index (χ2n) is 6.59. The Hall–Kier alpha value is -2.11. The van der Waals surface area contributed by atoms with Gasteiger partial charge in [0.1, 0.15) is 18.2 Å². The van der Waals surface area contributed by atoms with Crippen molar-refractivity contribution in [2.24, 2.45) is 5.73 Å². The standard InChI is InChI=1S/C20H23FN2O2.ClH/c21-17-7-4-8-18(12-17)25-13-15-5-3-6-16(11-15)19(24)23-20(14-22)9-1-2-10-20;/h3-8,11-12H,1-2,9-10,13-14,22H2,(H,23,24);1H. The van der Waals surface area contributed by atoms with Crippen LogP contribution in [0.15, 0.2) is 48.5 Å². The van der Waals surface area contributed by atoms with Crippen molar-refractivity contribution < 1.29 is 13.9 Å². The lowest BCUT2D eigenvalue weighted by atomic mass is 9.97. The van der Waals surface area contributed by atoms with Gasteiger partial charge in [0.2, 0.25) is 0 Å². The van der Waals surface area contributed by atoms with E-state index in [-0.39, 0.29) is 36.3 Å². The second kappa shape index (κ2) is 9.01. The quantitative estimate of drug-likeness (QED) is 0.802. The molecule has 0 spiro atoms. The number of rotatable bonds is 6. The number of carbonyl (C=O) groups excluding carboxylic acids is 1. The minimum atomic E-state index is -0.339. The summed E-state index contributed by atoms with van der Waals surface area (Å²) in [4.78, 5) is 12.6. The van der Waals surface area contributed by atoms with Gasteiger partial charge in [-0.15, -0.1) is 12.4 Å². The minimum absolute atomic E-state index is 0. The van der Waals surface area contributed by atoms with Crippen LogP contribution in [0.25, 0.3) is 0 Å². The molecule has 0 atom stereocenters. The third-order valence-electron chi connectivity index (χ3n) is 4.72. The molecular formula is C20H24ClFN2O2. The number of benzene rings is 2. The molecule has 0 unspecified atom stereocenters. The van der Waals surface area contributed by atoms with Crippen molar-refractivity contribution >= 4 is 18.3 Å². The summed E-state index contributed by atoms with van der Waals surface area (Å²) in [5.74, 6) is 0.0112. The van der Waals surface area contributed by atoms with Crippen molar-refractivity contribution in [1.29, 1.82) is 0 Å². The topological polar surface area (TPSA) is 64.3 Å². The summed E-state index contributed by atoms with van der Waals surface area (Å²) in [6, 6.07) is 13.3. The SMILES string of the molecule is Cl.NCC1(NC(=O)c2cccc(COc3cccc(F)c3)c2)CCCC1. The van der Waals surface area contributed by atoms with Crippen LogP contribution in [-0.4, -0.2) is 18.0 Å². The lowest BCUT2D eigenvalue weighted by Crippen LogP contribution is -2.51. The van der Waals surface area contributed by atoms with Crippen LogP contribution in [0, 0.1) is 5.82 Å². The Balaban J connectivity index is 0.00000243. The molecule has 0 saturated heterocycles. The molecule has 6 heteroatoms. The second-order valence-corrected chi connectivity index (χ2v) is 6.59. The summed E-state index contributed by atoms with van der Waals surface area (Å²) in [5, 5.41) is 3.11. The maximum Gasteiger partial charge on any atom is 0.251 e. The molecule has 26 heavy (non-hydrogen) atoms. The van der Waals surface area contributed by atoms with Crippen LogP contribution in [0.3, 0.4) is 0 Å². The molecule has 1 amide bonds. The fraction of sp³-hybridized carbons (Fsp3) is 0.350. The zero-order valence-electron chi connectivity index (χ0n) is 14.5. The van der Waals surface area contributed by atoms with E-state index in [1.54, 1.807) is 24.3 Å². The number of halogens is 2. The first kappa shape index (κ1) is 20.2. The third-order valence-corrected chi connectivity index (χ3v) is 4.72. The number of hydrogen-bond acceptors (Lipinski definition) is 3. The third kappa shape index (κ3) is 4.96. The van der Waals surface area contributed by atoms with E-state index in [1.165, 1.54) is 12.1 Å². The van der Waals surface area contributed by atoms with E-state index in [0.29, 0.717) is 17.9 Å². The maximum absolute atomic E-state index is 13.2. The molecular weight excluding hydrogens is 355 g/mol. The molecule has 1 fully saturated rings. The molecule has 0 aromatic heterocycles. The van der Waals surface area contributed by atoms with Crippen molar-refractivity contribution in [3.05, 3.63) is 65.5 Å². The minimum Gasteiger partial charge on any atom is -0.489 e. The van der Waals surface area contributed by atoms with E-state index in [0.717, 1.165) is 31.2 Å². The summed E-state index contributed by atoms with van der Waals surface area (Å²) in [6.45, 7) is 0.730. The average Bonchev–Trinajstić information content (AvgIpc) is 3.09. The first-order valence-electron chi connectivity index (χ1n) is 8.60. The van der Waals surface area contributed by atoms with E-state index in [2.05, 4.69) is 5.32 Å². The van der Waals surface area contributed by atoms with Gasteiger partial charge in [-0.25, -0.2) is 4.39 Å². The summed E-state index contributed by atoms with van der Waals surface area (Å²) < 4.78 is 18.8. The van der Waals surface area contributed by atoms with Gasteiger partial charge in [-0.3, -0.25) is 4.79 Å². The number of nitrogens with two attached hydrogens (primary N) is 1. The Labute approximate surface area is 159 Å². The highest BCUT2D eigenvalue weighted by Crippen LogP contribution is 2.29. The maximum atomic E-state index is 13.2. The van der Waals surface area contributed by atoms with Gasteiger partial charge >= 0.3 is 0 Å². The van der Waals surface area contributed by atoms with E-state index < -0.39 is 0 Å². The number of nitrogens with one attached hydrogen (secondary N) is 1. The number of amides is 1. The van der Waals surface area contributed by atoms with E-state index in [4.69, 9.17) is 10.5 Å². The number of ether oxygens (including phenoxy) is 1. The molecule has 1 saturated carbocycles. The van der Waals surface area contributed by atoms with Gasteiger partial charge in [0, 0.05) is 18.2 Å². The molecule has 0 radical (unpaired) electrons. The molecule has 2 aromatic rings. The Morgan fingerprint density at radius 1 is 1.15 bits per heavy atom. The van der Waals surface area contributed by atoms with Crippen LogP contribution < -0.4 is 15.8 Å². The summed E-state index contributed by atoms with van der Waals surface area (Å²) in [5.41, 5.74) is 7.05. The fourth-order valence-corrected chi connectivity index (χ4v) is 3.27. The highest BCUT2D eigenvalue weighted by Gasteiger charge is 2.34. The Morgan fingerprint density at radius 3 is 2.58 bits per heavy atom. The molecule has 0 bridgehead atoms. The first-order chi connectivity index (χ1) is 12.1. The zero-order chi connectivity index (χ0) is 17.7. The predicted octanol–water partition coefficient (Wildman–Crippen LogP) is 3.83. The zero-order valence-corrected chi connectivity index (χ0v) is 15.4. The fourth-order valence-electron chi connectivity index (χ4n) is 3.27. The van der Waals surface area contributed by atoms with E-state index in [9.17, 15) is 9.18 Å². The number of hydrogen-bond donors (Lipinski definition) is 2. The first-order valence-corrected chi connectivity index (χ1v) is 8.60. The summed E-state index contributed by atoms with van der Waals surface area (Å²) >= 11 is 0. The van der Waals surface area contributed by atoms with Crippen LogP contribution in [0.4, 0.5) is 4.39 Å². The van der Waals surface area contributed by atoms with Crippen LogP contribution in [-0.2, 0) is 6.61 Å². The van der Waals surface area contributed by atoms with E-state index in [1.807, 2.05) is 12.1 Å². The molecule has 140 valence electrons. The molecule has 0 aliphatic heterocycles. The molecule has 2 aromatic carbocycles. The smallest absolute Gasteiger partial charge is 0.251 e. The van der Waals surface area contributed by atoms with Crippen molar-refractivity contribution in [2.45, 2.75) is 37.8 Å². The van der Waals surface area contributed by atoms with Crippen molar-refractivity contribution in [3.8, 4) is 5.75 Å². The van der Waals surface area contributed by atoms with Gasteiger partial charge in [0.05, 0.1) is 5.54 Å². The predicted molar refractivity (Wildman–Crippen MR) is 102 cm³/mol. The van der Waals surface area contributed by atoms with Crippen LogP contribution >= 0.6 is 12.4 Å². The van der Waals surface area contributed by atoms with Gasteiger partial charge < -0.3 is 15.8 Å². The van der Waals surface area contributed by atoms with Gasteiger partial charge in [0.25, 0.3) is 5.91 Å². The van der Waals surface area contributed by atoms with Crippen molar-refractivity contribution in [3.63, 3.8) is 0 Å². The highest BCUT2D eigenvalue weighted by molar-refractivity contribution is 5.94. The Morgan fingerprint density at radius 2 is 1.88 bits per heavy atom. The normalized spacial score (nSPS) is 15.2. The molecule has 1 aliphatic rings. The van der Waals surface area contributed by atoms with Gasteiger partial charge in [-0.2, -0.15) is 0 Å². The monoisotopic (exact) mass is 378 g/mol. The Kier molecular flexibility index (Phi) is 7.00. The largest absolute Gasteiger partial charge is 0.489 e. The summed E-state index contributed by atoms with van der Waals surface area (Å²) in [7, 11) is 0. The van der Waals surface area contributed by atoms with Gasteiger partial charge in [0.15, 0.2) is 0 Å². The van der Waals surface area contributed by atoms with Crippen LogP contribution in [0.5, 0.6) is 5.75 Å². The molecule has 3 N–H and O–H groups in total. The molecule has 1 aliphatic carbocycles. The highest BCUT2D eigenvalue weighted by atomic mass is 35.5. The van der Waals surface area contributed by atoms with E-state index >= 15 is 0 Å². The van der Waals surface area contributed by atoms with Crippen LogP contribution in [0.2, 0.25) is 0 Å². The molecule has 4 nitrogen and oxygen atoms in total. The summed E-state index contributed by atoms with van der Waals surface area (Å²) in [6.07, 6.45) is 4.05. The lowest BCUT2D eigenvalue weighted by Gasteiger charge is -2.28. The Bertz CT molecular complexity index is 748. The van der Waals surface area contributed by atoms with Crippen molar-refractivity contribution in [1.82, 2.24) is 5.32 Å².